The summed E-state index contributed by atoms with van der Waals surface area (Å²) in [7, 11) is 0. The molecular weight excluding hydrogens is 388 g/mol. The van der Waals surface area contributed by atoms with Crippen molar-refractivity contribution in [3.05, 3.63) is 46.1 Å². The Morgan fingerprint density at radius 1 is 1.25 bits per heavy atom. The van der Waals surface area contributed by atoms with Crippen molar-refractivity contribution < 1.29 is 23.0 Å². The summed E-state index contributed by atoms with van der Waals surface area (Å²) in [6, 6.07) is 5.41. The second-order valence-corrected chi connectivity index (χ2v) is 7.48. The molecular formula is C19H17F2N3O3S. The molecule has 0 aliphatic heterocycles. The van der Waals surface area contributed by atoms with Crippen molar-refractivity contribution in [2.24, 2.45) is 0 Å². The number of nitrogens with zero attached hydrogens (tertiary/aromatic N) is 2. The number of carbonyl (C=O) groups excluding carboxylic acids is 1. The highest BCUT2D eigenvalue weighted by molar-refractivity contribution is 7.19. The fourth-order valence-corrected chi connectivity index (χ4v) is 4.60. The molecule has 0 spiro atoms. The molecule has 2 N–H and O–H groups in total. The van der Waals surface area contributed by atoms with Crippen molar-refractivity contribution >= 4 is 33.3 Å². The predicted molar refractivity (Wildman–Crippen MR) is 101 cm³/mol. The molecule has 2 heterocycles. The number of fused-ring (bicyclic) bond motifs is 3. The smallest absolute Gasteiger partial charge is 0.387 e. The van der Waals surface area contributed by atoms with Crippen LogP contribution in [0, 0.1) is 0 Å². The van der Waals surface area contributed by atoms with Gasteiger partial charge in [0, 0.05) is 4.88 Å². The zero-order chi connectivity index (χ0) is 19.7. The van der Waals surface area contributed by atoms with Crippen LogP contribution in [0.5, 0.6) is 5.75 Å². The molecule has 0 bridgehead atoms. The van der Waals surface area contributed by atoms with Crippen LogP contribution in [0.15, 0.2) is 24.3 Å². The average Bonchev–Trinajstić information content (AvgIpc) is 3.04. The maximum absolute atomic E-state index is 12.3. The van der Waals surface area contributed by atoms with Gasteiger partial charge >= 0.3 is 12.6 Å². The SMILES string of the molecule is Nc1nc(COC(=O)c2cccc(OC(F)F)c2)nc2sc3c(c12)CCCC3. The summed E-state index contributed by atoms with van der Waals surface area (Å²) >= 11 is 1.61. The van der Waals surface area contributed by atoms with E-state index in [0.717, 1.165) is 35.9 Å². The highest BCUT2D eigenvalue weighted by Crippen LogP contribution is 2.37. The number of carbonyl (C=O) groups is 1. The summed E-state index contributed by atoms with van der Waals surface area (Å²) in [4.78, 5) is 23.1. The molecule has 0 saturated carbocycles. The standard InChI is InChI=1S/C19H17F2N3O3S/c20-19(21)27-11-5-3-4-10(8-11)18(25)26-9-14-23-16(22)15-12-6-1-2-7-13(12)28-17(15)24-14/h3-5,8,19H,1-2,6-7,9H2,(H2,22,23,24). The molecule has 9 heteroatoms. The van der Waals surface area contributed by atoms with Gasteiger partial charge in [-0.3, -0.25) is 0 Å². The first kappa shape index (κ1) is 18.5. The Bertz CT molecular complexity index is 1040. The van der Waals surface area contributed by atoms with Gasteiger partial charge in [0.15, 0.2) is 12.4 Å². The quantitative estimate of drug-likeness (QED) is 0.643. The van der Waals surface area contributed by atoms with Crippen molar-refractivity contribution in [2.75, 3.05) is 5.73 Å². The number of aryl methyl sites for hydroxylation is 2. The Morgan fingerprint density at radius 2 is 2.07 bits per heavy atom. The molecule has 0 saturated heterocycles. The number of ether oxygens (including phenoxy) is 2. The lowest BCUT2D eigenvalue weighted by atomic mass is 9.97. The van der Waals surface area contributed by atoms with E-state index < -0.39 is 12.6 Å². The van der Waals surface area contributed by atoms with Gasteiger partial charge in [0.05, 0.1) is 10.9 Å². The summed E-state index contributed by atoms with van der Waals surface area (Å²) in [6.07, 6.45) is 4.29. The van der Waals surface area contributed by atoms with Crippen molar-refractivity contribution in [1.82, 2.24) is 9.97 Å². The molecule has 0 fully saturated rings. The van der Waals surface area contributed by atoms with E-state index >= 15 is 0 Å². The minimum atomic E-state index is -2.97. The molecule has 3 aromatic rings. The summed E-state index contributed by atoms with van der Waals surface area (Å²) in [5.74, 6) is -0.109. The van der Waals surface area contributed by atoms with E-state index in [1.165, 1.54) is 34.7 Å². The lowest BCUT2D eigenvalue weighted by Gasteiger charge is -2.11. The molecule has 0 amide bonds. The van der Waals surface area contributed by atoms with Gasteiger partial charge in [-0.1, -0.05) is 6.07 Å². The summed E-state index contributed by atoms with van der Waals surface area (Å²) in [5.41, 5.74) is 7.47. The number of hydrogen-bond donors (Lipinski definition) is 1. The van der Waals surface area contributed by atoms with Crippen molar-refractivity contribution in [2.45, 2.75) is 38.9 Å². The first-order valence-corrected chi connectivity index (χ1v) is 9.61. The molecule has 28 heavy (non-hydrogen) atoms. The maximum Gasteiger partial charge on any atom is 0.387 e. The van der Waals surface area contributed by atoms with Gasteiger partial charge in [-0.15, -0.1) is 11.3 Å². The predicted octanol–water partition coefficient (Wildman–Crippen LogP) is 4.11. The maximum atomic E-state index is 12.3. The highest BCUT2D eigenvalue weighted by atomic mass is 32.1. The molecule has 2 aromatic heterocycles. The third-order valence-electron chi connectivity index (χ3n) is 4.52. The van der Waals surface area contributed by atoms with Gasteiger partial charge < -0.3 is 15.2 Å². The molecule has 4 rings (SSSR count). The van der Waals surface area contributed by atoms with Crippen LogP contribution in [0.2, 0.25) is 0 Å². The first-order chi connectivity index (χ1) is 13.5. The number of benzene rings is 1. The van der Waals surface area contributed by atoms with E-state index in [4.69, 9.17) is 10.5 Å². The third kappa shape index (κ3) is 3.75. The van der Waals surface area contributed by atoms with E-state index in [0.29, 0.717) is 11.6 Å². The van der Waals surface area contributed by atoms with Crippen molar-refractivity contribution in [3.8, 4) is 5.75 Å². The summed E-state index contributed by atoms with van der Waals surface area (Å²) < 4.78 is 34.1. The van der Waals surface area contributed by atoms with Gasteiger partial charge in [0.25, 0.3) is 0 Å². The van der Waals surface area contributed by atoms with Gasteiger partial charge in [-0.2, -0.15) is 8.78 Å². The molecule has 1 aliphatic rings. The number of alkyl halides is 2. The number of hydrogen-bond acceptors (Lipinski definition) is 7. The van der Waals surface area contributed by atoms with Crippen LogP contribution in [-0.4, -0.2) is 22.5 Å². The Hall–Kier alpha value is -2.81. The van der Waals surface area contributed by atoms with Gasteiger partial charge in [0.1, 0.15) is 16.4 Å². The number of esters is 1. The fourth-order valence-electron chi connectivity index (χ4n) is 3.31. The average molecular weight is 405 g/mol. The molecule has 146 valence electrons. The number of nitrogens with two attached hydrogens (primary N) is 1. The number of rotatable bonds is 5. The number of halogens is 2. The van der Waals surface area contributed by atoms with Crippen LogP contribution >= 0.6 is 11.3 Å². The van der Waals surface area contributed by atoms with E-state index in [2.05, 4.69) is 14.7 Å². The number of thiophene rings is 1. The largest absolute Gasteiger partial charge is 0.454 e. The van der Waals surface area contributed by atoms with Crippen LogP contribution in [-0.2, 0) is 24.2 Å². The lowest BCUT2D eigenvalue weighted by Crippen LogP contribution is -2.09. The van der Waals surface area contributed by atoms with E-state index in [-0.39, 0.29) is 17.9 Å². The Labute approximate surface area is 163 Å². The molecule has 1 aromatic carbocycles. The molecule has 1 aliphatic carbocycles. The molecule has 0 unspecified atom stereocenters. The van der Waals surface area contributed by atoms with Gasteiger partial charge in [-0.25, -0.2) is 14.8 Å². The van der Waals surface area contributed by atoms with Crippen LogP contribution in [0.25, 0.3) is 10.2 Å². The zero-order valence-electron chi connectivity index (χ0n) is 14.8. The highest BCUT2D eigenvalue weighted by Gasteiger charge is 2.20. The normalized spacial score (nSPS) is 13.5. The summed E-state index contributed by atoms with van der Waals surface area (Å²) in [5, 5.41) is 0.909. The number of anilines is 1. The zero-order valence-corrected chi connectivity index (χ0v) is 15.6. The minimum absolute atomic E-state index is 0.0961. The van der Waals surface area contributed by atoms with Crippen LogP contribution in [0.4, 0.5) is 14.6 Å². The van der Waals surface area contributed by atoms with Crippen molar-refractivity contribution in [1.29, 1.82) is 0 Å². The second kappa shape index (κ2) is 7.67. The monoisotopic (exact) mass is 405 g/mol. The van der Waals surface area contributed by atoms with E-state index in [1.54, 1.807) is 11.3 Å². The Balaban J connectivity index is 1.50. The molecule has 0 atom stereocenters. The van der Waals surface area contributed by atoms with Crippen molar-refractivity contribution in [3.63, 3.8) is 0 Å². The second-order valence-electron chi connectivity index (χ2n) is 6.40. The first-order valence-electron chi connectivity index (χ1n) is 8.80. The van der Waals surface area contributed by atoms with Crippen LogP contribution in [0.3, 0.4) is 0 Å². The topological polar surface area (TPSA) is 87.3 Å². The third-order valence-corrected chi connectivity index (χ3v) is 5.70. The summed E-state index contributed by atoms with van der Waals surface area (Å²) in [6.45, 7) is -3.13. The van der Waals surface area contributed by atoms with E-state index in [1.807, 2.05) is 0 Å². The Morgan fingerprint density at radius 3 is 2.89 bits per heavy atom. The van der Waals surface area contributed by atoms with Gasteiger partial charge in [-0.05, 0) is 49.4 Å². The van der Waals surface area contributed by atoms with E-state index in [9.17, 15) is 13.6 Å². The number of nitrogen functional groups attached to an aromatic ring is 1. The molecule has 6 nitrogen and oxygen atoms in total. The Kier molecular flexibility index (Phi) is 5.08. The fraction of sp³-hybridized carbons (Fsp3) is 0.316. The lowest BCUT2D eigenvalue weighted by molar-refractivity contribution is -0.0499. The number of aromatic nitrogens is 2. The van der Waals surface area contributed by atoms with Crippen LogP contribution < -0.4 is 10.5 Å². The van der Waals surface area contributed by atoms with Crippen LogP contribution in [0.1, 0.15) is 39.5 Å². The minimum Gasteiger partial charge on any atom is -0.454 e. The van der Waals surface area contributed by atoms with Gasteiger partial charge in [0.2, 0.25) is 0 Å². The molecule has 0 radical (unpaired) electrons.